The van der Waals surface area contributed by atoms with Crippen LogP contribution in [0.25, 0.3) is 0 Å². The SMILES string of the molecule is CN=C(NCCNS(C)(=O)=O)NCC(C)(C)Cc1cccc(Cl)c1.I. The van der Waals surface area contributed by atoms with Crippen LogP contribution in [0.15, 0.2) is 29.3 Å². The lowest BCUT2D eigenvalue weighted by atomic mass is 9.86. The monoisotopic (exact) mass is 502 g/mol. The third-order valence-corrected chi connectivity index (χ3v) is 4.27. The molecule has 0 heterocycles. The Morgan fingerprint density at radius 1 is 1.24 bits per heavy atom. The maximum atomic E-state index is 11.0. The van der Waals surface area contributed by atoms with E-state index in [0.29, 0.717) is 19.0 Å². The molecule has 6 nitrogen and oxygen atoms in total. The Morgan fingerprint density at radius 2 is 1.92 bits per heavy atom. The largest absolute Gasteiger partial charge is 0.356 e. The average molecular weight is 503 g/mol. The average Bonchev–Trinajstić information content (AvgIpc) is 2.45. The number of nitrogens with zero attached hydrogens (tertiary/aromatic N) is 1. The second-order valence-corrected chi connectivity index (χ2v) is 8.76. The molecule has 1 rings (SSSR count). The Hall–Kier alpha value is -0.580. The highest BCUT2D eigenvalue weighted by molar-refractivity contribution is 14.0. The van der Waals surface area contributed by atoms with E-state index in [-0.39, 0.29) is 29.4 Å². The summed E-state index contributed by atoms with van der Waals surface area (Å²) in [4.78, 5) is 4.14. The molecule has 0 aliphatic heterocycles. The number of rotatable bonds is 8. The molecule has 0 aromatic heterocycles. The minimum atomic E-state index is -3.16. The summed E-state index contributed by atoms with van der Waals surface area (Å²) >= 11 is 6.03. The van der Waals surface area contributed by atoms with Gasteiger partial charge in [-0.3, -0.25) is 4.99 Å². The van der Waals surface area contributed by atoms with Crippen LogP contribution in [-0.2, 0) is 16.4 Å². The second kappa shape index (κ2) is 11.2. The van der Waals surface area contributed by atoms with Crippen molar-refractivity contribution in [3.05, 3.63) is 34.9 Å². The minimum absolute atomic E-state index is 0. The number of sulfonamides is 1. The highest BCUT2D eigenvalue weighted by atomic mass is 127. The van der Waals surface area contributed by atoms with Gasteiger partial charge in [0.05, 0.1) is 6.26 Å². The third-order valence-electron chi connectivity index (χ3n) is 3.31. The maximum Gasteiger partial charge on any atom is 0.208 e. The van der Waals surface area contributed by atoms with E-state index in [9.17, 15) is 8.42 Å². The van der Waals surface area contributed by atoms with E-state index < -0.39 is 10.0 Å². The fraction of sp³-hybridized carbons (Fsp3) is 0.562. The van der Waals surface area contributed by atoms with Crippen molar-refractivity contribution < 1.29 is 8.42 Å². The standard InChI is InChI=1S/C16H27ClN4O2S.HI/c1-16(2,11-13-6-5-7-14(17)10-13)12-20-15(18-3)19-8-9-21-24(4,22)23;/h5-7,10,21H,8-9,11-12H2,1-4H3,(H2,18,19,20);1H. The van der Waals surface area contributed by atoms with Crippen molar-refractivity contribution in [1.29, 1.82) is 0 Å². The molecule has 0 amide bonds. The Labute approximate surface area is 173 Å². The van der Waals surface area contributed by atoms with Gasteiger partial charge in [0.1, 0.15) is 0 Å². The van der Waals surface area contributed by atoms with Gasteiger partial charge in [0.25, 0.3) is 0 Å². The molecule has 0 saturated heterocycles. The summed E-state index contributed by atoms with van der Waals surface area (Å²) in [6.07, 6.45) is 2.02. The predicted octanol–water partition coefficient (Wildman–Crippen LogP) is 2.24. The lowest BCUT2D eigenvalue weighted by Crippen LogP contribution is -2.44. The van der Waals surface area contributed by atoms with Gasteiger partial charge in [0, 0.05) is 31.7 Å². The molecule has 0 fully saturated rings. The molecule has 0 saturated carbocycles. The van der Waals surface area contributed by atoms with Crippen LogP contribution in [0.2, 0.25) is 5.02 Å². The predicted molar refractivity (Wildman–Crippen MR) is 117 cm³/mol. The van der Waals surface area contributed by atoms with E-state index in [1.165, 1.54) is 5.56 Å². The molecule has 1 aromatic rings. The Balaban J connectivity index is 0.00000576. The summed E-state index contributed by atoms with van der Waals surface area (Å²) in [7, 11) is -1.48. The van der Waals surface area contributed by atoms with Gasteiger partial charge in [-0.1, -0.05) is 37.6 Å². The lowest BCUT2D eigenvalue weighted by molar-refractivity contribution is 0.359. The number of halogens is 2. The summed E-state index contributed by atoms with van der Waals surface area (Å²) in [5, 5.41) is 7.09. The van der Waals surface area contributed by atoms with Gasteiger partial charge in [0.2, 0.25) is 10.0 Å². The first-order valence-corrected chi connectivity index (χ1v) is 10.0. The zero-order valence-electron chi connectivity index (χ0n) is 15.1. The molecule has 144 valence electrons. The van der Waals surface area contributed by atoms with Crippen LogP contribution in [0, 0.1) is 5.41 Å². The number of guanidine groups is 1. The van der Waals surface area contributed by atoms with Crippen molar-refractivity contribution in [3.8, 4) is 0 Å². The van der Waals surface area contributed by atoms with Crippen LogP contribution in [0.5, 0.6) is 0 Å². The second-order valence-electron chi connectivity index (χ2n) is 6.49. The van der Waals surface area contributed by atoms with Crippen molar-refractivity contribution in [2.45, 2.75) is 20.3 Å². The number of aliphatic imine (C=N–C) groups is 1. The van der Waals surface area contributed by atoms with Crippen LogP contribution < -0.4 is 15.4 Å². The Bertz CT molecular complexity index is 666. The molecule has 3 N–H and O–H groups in total. The lowest BCUT2D eigenvalue weighted by Gasteiger charge is -2.26. The summed E-state index contributed by atoms with van der Waals surface area (Å²) in [5.41, 5.74) is 1.20. The Morgan fingerprint density at radius 3 is 2.48 bits per heavy atom. The molecule has 0 spiro atoms. The van der Waals surface area contributed by atoms with E-state index in [1.807, 2.05) is 18.2 Å². The van der Waals surface area contributed by atoms with Gasteiger partial charge in [-0.15, -0.1) is 24.0 Å². The number of benzene rings is 1. The topological polar surface area (TPSA) is 82.6 Å². The molecular weight excluding hydrogens is 475 g/mol. The fourth-order valence-corrected chi connectivity index (χ4v) is 2.91. The van der Waals surface area contributed by atoms with Crippen LogP contribution in [-0.4, -0.2) is 47.3 Å². The molecule has 9 heteroatoms. The number of hydrogen-bond donors (Lipinski definition) is 3. The van der Waals surface area contributed by atoms with E-state index >= 15 is 0 Å². The Kier molecular flexibility index (Phi) is 10.9. The smallest absolute Gasteiger partial charge is 0.208 e. The molecule has 1 aromatic carbocycles. The molecule has 0 unspecified atom stereocenters. The first-order valence-electron chi connectivity index (χ1n) is 7.75. The summed E-state index contributed by atoms with van der Waals surface area (Å²) < 4.78 is 24.4. The van der Waals surface area contributed by atoms with Gasteiger partial charge in [-0.2, -0.15) is 0 Å². The molecule has 0 bridgehead atoms. The minimum Gasteiger partial charge on any atom is -0.356 e. The van der Waals surface area contributed by atoms with Crippen molar-refractivity contribution in [2.24, 2.45) is 10.4 Å². The molecule has 25 heavy (non-hydrogen) atoms. The van der Waals surface area contributed by atoms with Crippen molar-refractivity contribution in [2.75, 3.05) is 32.9 Å². The number of nitrogens with one attached hydrogen (secondary N) is 3. The summed E-state index contributed by atoms with van der Waals surface area (Å²) in [5.74, 6) is 0.643. The van der Waals surface area contributed by atoms with Crippen molar-refractivity contribution in [3.63, 3.8) is 0 Å². The highest BCUT2D eigenvalue weighted by Gasteiger charge is 2.19. The van der Waals surface area contributed by atoms with Gasteiger partial charge >= 0.3 is 0 Å². The number of hydrogen-bond acceptors (Lipinski definition) is 3. The van der Waals surface area contributed by atoms with Crippen LogP contribution in [0.3, 0.4) is 0 Å². The van der Waals surface area contributed by atoms with E-state index in [4.69, 9.17) is 11.6 Å². The first-order chi connectivity index (χ1) is 11.1. The van der Waals surface area contributed by atoms with Crippen LogP contribution in [0.1, 0.15) is 19.4 Å². The van der Waals surface area contributed by atoms with E-state index in [1.54, 1.807) is 7.05 Å². The molecule has 0 aliphatic rings. The van der Waals surface area contributed by atoms with Crippen molar-refractivity contribution >= 4 is 51.6 Å². The summed E-state index contributed by atoms with van der Waals surface area (Å²) in [6.45, 7) is 5.82. The zero-order chi connectivity index (χ0) is 18.2. The fourth-order valence-electron chi connectivity index (χ4n) is 2.22. The molecule has 0 radical (unpaired) electrons. The van der Waals surface area contributed by atoms with Gasteiger partial charge in [-0.05, 0) is 29.5 Å². The van der Waals surface area contributed by atoms with Gasteiger partial charge in [0.15, 0.2) is 5.96 Å². The first kappa shape index (κ1) is 24.4. The normalized spacial score (nSPS) is 12.4. The zero-order valence-corrected chi connectivity index (χ0v) is 19.0. The van der Waals surface area contributed by atoms with Crippen molar-refractivity contribution in [1.82, 2.24) is 15.4 Å². The van der Waals surface area contributed by atoms with Crippen LogP contribution >= 0.6 is 35.6 Å². The summed E-state index contributed by atoms with van der Waals surface area (Å²) in [6, 6.07) is 7.87. The highest BCUT2D eigenvalue weighted by Crippen LogP contribution is 2.22. The van der Waals surface area contributed by atoms with E-state index in [2.05, 4.69) is 40.3 Å². The van der Waals surface area contributed by atoms with Gasteiger partial charge in [-0.25, -0.2) is 13.1 Å². The quantitative estimate of drug-likeness (QED) is 0.220. The third kappa shape index (κ3) is 11.6. The van der Waals surface area contributed by atoms with Crippen LogP contribution in [0.4, 0.5) is 0 Å². The molecule has 0 aliphatic carbocycles. The maximum absolute atomic E-state index is 11.0. The molecule has 0 atom stereocenters. The van der Waals surface area contributed by atoms with E-state index in [0.717, 1.165) is 24.2 Å². The van der Waals surface area contributed by atoms with Gasteiger partial charge < -0.3 is 10.6 Å². The molecular formula is C16H28ClIN4O2S.